The van der Waals surface area contributed by atoms with Gasteiger partial charge >= 0.3 is 12.8 Å². The molecule has 0 aliphatic rings. The first-order valence-electron chi connectivity index (χ1n) is 13.4. The minimum Gasteiger partial charge on any atom is -0.495 e. The zero-order chi connectivity index (χ0) is 32.7. The van der Waals surface area contributed by atoms with Crippen LogP contribution in [0.5, 0.6) is 28.7 Å². The lowest BCUT2D eigenvalue weighted by molar-refractivity contribution is -0.153. The summed E-state index contributed by atoms with van der Waals surface area (Å²) in [5.74, 6) is 1.20. The summed E-state index contributed by atoms with van der Waals surface area (Å²) in [7, 11) is 2.94. The van der Waals surface area contributed by atoms with E-state index in [9.17, 15) is 22.0 Å². The van der Waals surface area contributed by atoms with Gasteiger partial charge in [-0.15, -0.1) is 0 Å². The SMILES string of the molecule is CCOc1cc(NCc2cncc(OC)c2)ccc1OC(F)F.COc1cc(NCc2cncnc2)ccc1OCC(F)(F)F. The number of rotatable bonds is 14. The van der Waals surface area contributed by atoms with Gasteiger partial charge in [0.05, 0.1) is 27.0 Å². The molecule has 0 unspecified atom stereocenters. The Morgan fingerprint density at radius 1 is 0.711 bits per heavy atom. The van der Waals surface area contributed by atoms with E-state index in [0.717, 1.165) is 16.8 Å². The Labute approximate surface area is 256 Å². The lowest BCUT2D eigenvalue weighted by atomic mass is 10.2. The van der Waals surface area contributed by atoms with Crippen LogP contribution in [0.25, 0.3) is 0 Å². The van der Waals surface area contributed by atoms with Gasteiger partial charge in [-0.1, -0.05) is 0 Å². The average molecular weight is 638 g/mol. The average Bonchev–Trinajstić information content (AvgIpc) is 3.03. The van der Waals surface area contributed by atoms with Gasteiger partial charge in [0, 0.05) is 60.8 Å². The molecule has 242 valence electrons. The predicted octanol–water partition coefficient (Wildman–Crippen LogP) is 6.74. The summed E-state index contributed by atoms with van der Waals surface area (Å²) in [5, 5.41) is 6.27. The number of hydrogen-bond acceptors (Lipinski definition) is 10. The van der Waals surface area contributed by atoms with Crippen LogP contribution in [0.4, 0.5) is 33.3 Å². The summed E-state index contributed by atoms with van der Waals surface area (Å²) in [6.45, 7) is -1.15. The number of ether oxygens (including phenoxy) is 5. The number of pyridine rings is 1. The Kier molecular flexibility index (Phi) is 13.2. The highest BCUT2D eigenvalue weighted by atomic mass is 19.4. The van der Waals surface area contributed by atoms with E-state index in [4.69, 9.17) is 18.9 Å². The lowest BCUT2D eigenvalue weighted by Gasteiger charge is -2.14. The van der Waals surface area contributed by atoms with E-state index in [1.54, 1.807) is 63.1 Å². The molecule has 0 aliphatic carbocycles. The molecule has 15 heteroatoms. The number of nitrogens with one attached hydrogen (secondary N) is 2. The van der Waals surface area contributed by atoms with Gasteiger partial charge in [0.15, 0.2) is 29.6 Å². The standard InChI is InChI=1S/C16H18F2N2O3.C14H14F3N3O2/c1-3-22-15-7-12(4-5-14(15)23-16(17)18)20-9-11-6-13(21-2)10-19-8-11;1-21-13-4-11(20-7-10-5-18-9-19-6-10)2-3-12(13)22-8-14(15,16)17/h4-8,10,16,20H,3,9H2,1-2H3;2-6,9,20H,7-8H2,1H3. The number of halogens is 5. The van der Waals surface area contributed by atoms with Crippen molar-refractivity contribution in [3.8, 4) is 28.7 Å². The molecule has 0 fully saturated rings. The molecule has 2 N–H and O–H groups in total. The fourth-order valence-corrected chi connectivity index (χ4v) is 3.64. The molecular formula is C30H32F5N5O5. The van der Waals surface area contributed by atoms with E-state index in [1.165, 1.54) is 25.6 Å². The largest absolute Gasteiger partial charge is 0.495 e. The number of aromatic nitrogens is 3. The second-order valence-corrected chi connectivity index (χ2v) is 8.93. The van der Waals surface area contributed by atoms with Crippen molar-refractivity contribution in [2.45, 2.75) is 32.8 Å². The van der Waals surface area contributed by atoms with Crippen molar-refractivity contribution in [1.29, 1.82) is 0 Å². The van der Waals surface area contributed by atoms with Crippen LogP contribution in [0.15, 0.2) is 73.6 Å². The molecule has 0 bridgehead atoms. The van der Waals surface area contributed by atoms with Crippen molar-refractivity contribution in [3.05, 3.63) is 84.7 Å². The number of methoxy groups -OCH3 is 2. The third-order valence-electron chi connectivity index (χ3n) is 5.63. The first-order chi connectivity index (χ1) is 21.6. The predicted molar refractivity (Wildman–Crippen MR) is 156 cm³/mol. The summed E-state index contributed by atoms with van der Waals surface area (Å²) in [6.07, 6.45) is 3.70. The molecule has 2 heterocycles. The third-order valence-corrected chi connectivity index (χ3v) is 5.63. The van der Waals surface area contributed by atoms with Gasteiger partial charge in [-0.25, -0.2) is 9.97 Å². The number of alkyl halides is 5. The highest BCUT2D eigenvalue weighted by Gasteiger charge is 2.29. The first-order valence-corrected chi connectivity index (χ1v) is 13.4. The van der Waals surface area contributed by atoms with Gasteiger partial charge in [0.25, 0.3) is 0 Å². The Morgan fingerprint density at radius 3 is 1.93 bits per heavy atom. The molecule has 10 nitrogen and oxygen atoms in total. The topological polar surface area (TPSA) is 109 Å². The molecule has 2 aromatic heterocycles. The summed E-state index contributed by atoms with van der Waals surface area (Å²) < 4.78 is 85.9. The smallest absolute Gasteiger partial charge is 0.422 e. The summed E-state index contributed by atoms with van der Waals surface area (Å²) in [5.41, 5.74) is 3.20. The number of hydrogen-bond donors (Lipinski definition) is 2. The quantitative estimate of drug-likeness (QED) is 0.144. The summed E-state index contributed by atoms with van der Waals surface area (Å²) in [6, 6.07) is 11.2. The zero-order valence-electron chi connectivity index (χ0n) is 24.6. The van der Waals surface area contributed by atoms with Crippen LogP contribution < -0.4 is 34.3 Å². The second-order valence-electron chi connectivity index (χ2n) is 8.93. The van der Waals surface area contributed by atoms with Gasteiger partial charge in [-0.3, -0.25) is 4.98 Å². The zero-order valence-corrected chi connectivity index (χ0v) is 24.6. The van der Waals surface area contributed by atoms with Crippen LogP contribution in [0.2, 0.25) is 0 Å². The monoisotopic (exact) mass is 637 g/mol. The van der Waals surface area contributed by atoms with Crippen molar-refractivity contribution in [1.82, 2.24) is 15.0 Å². The Morgan fingerprint density at radius 2 is 1.33 bits per heavy atom. The molecule has 0 saturated carbocycles. The van der Waals surface area contributed by atoms with E-state index < -0.39 is 19.4 Å². The number of benzene rings is 2. The van der Waals surface area contributed by atoms with Crippen molar-refractivity contribution in [2.75, 3.05) is 38.1 Å². The van der Waals surface area contributed by atoms with Crippen molar-refractivity contribution in [3.63, 3.8) is 0 Å². The summed E-state index contributed by atoms with van der Waals surface area (Å²) >= 11 is 0. The Balaban J connectivity index is 0.000000246. The first kappa shape index (κ1) is 34.4. The molecule has 0 atom stereocenters. The molecule has 0 spiro atoms. The maximum atomic E-state index is 12.4. The minimum absolute atomic E-state index is 0.00967. The van der Waals surface area contributed by atoms with Gasteiger partial charge in [-0.2, -0.15) is 22.0 Å². The molecule has 4 aromatic rings. The van der Waals surface area contributed by atoms with E-state index in [-0.39, 0.29) is 23.0 Å². The van der Waals surface area contributed by atoms with E-state index in [0.29, 0.717) is 31.1 Å². The van der Waals surface area contributed by atoms with Crippen LogP contribution in [0, 0.1) is 0 Å². The second kappa shape index (κ2) is 17.3. The van der Waals surface area contributed by atoms with Crippen LogP contribution in [0.3, 0.4) is 0 Å². The molecular weight excluding hydrogens is 605 g/mol. The number of anilines is 2. The molecule has 2 aromatic carbocycles. The molecule has 0 amide bonds. The van der Waals surface area contributed by atoms with Crippen molar-refractivity contribution >= 4 is 11.4 Å². The maximum absolute atomic E-state index is 12.4. The van der Waals surface area contributed by atoms with Crippen LogP contribution in [-0.2, 0) is 13.1 Å². The fourth-order valence-electron chi connectivity index (χ4n) is 3.64. The van der Waals surface area contributed by atoms with Crippen LogP contribution in [0.1, 0.15) is 18.1 Å². The van der Waals surface area contributed by atoms with Crippen molar-refractivity contribution < 1.29 is 45.6 Å². The van der Waals surface area contributed by atoms with Gasteiger partial charge in [-0.05, 0) is 42.8 Å². The Hall–Kier alpha value is -5.08. The van der Waals surface area contributed by atoms with Crippen molar-refractivity contribution in [2.24, 2.45) is 0 Å². The summed E-state index contributed by atoms with van der Waals surface area (Å²) in [4.78, 5) is 11.8. The van der Waals surface area contributed by atoms with Gasteiger partial charge in [0.2, 0.25) is 0 Å². The molecule has 0 aliphatic heterocycles. The van der Waals surface area contributed by atoms with E-state index in [2.05, 4.69) is 30.3 Å². The Bertz CT molecular complexity index is 1470. The molecule has 0 radical (unpaired) electrons. The third kappa shape index (κ3) is 12.2. The van der Waals surface area contributed by atoms with Gasteiger partial charge < -0.3 is 34.3 Å². The normalized spacial score (nSPS) is 10.8. The minimum atomic E-state index is -4.39. The highest BCUT2D eigenvalue weighted by Crippen LogP contribution is 2.33. The van der Waals surface area contributed by atoms with E-state index in [1.807, 2.05) is 6.07 Å². The maximum Gasteiger partial charge on any atom is 0.422 e. The molecule has 4 rings (SSSR count). The van der Waals surface area contributed by atoms with E-state index >= 15 is 0 Å². The van der Waals surface area contributed by atoms with Crippen LogP contribution >= 0.6 is 0 Å². The molecule has 45 heavy (non-hydrogen) atoms. The lowest BCUT2D eigenvalue weighted by Crippen LogP contribution is -2.19. The highest BCUT2D eigenvalue weighted by molar-refractivity contribution is 5.56. The molecule has 0 saturated heterocycles. The van der Waals surface area contributed by atoms with Crippen LogP contribution in [-0.4, -0.2) is 55.2 Å². The van der Waals surface area contributed by atoms with Gasteiger partial charge in [0.1, 0.15) is 12.1 Å². The fraction of sp³-hybridized carbons (Fsp3) is 0.300. The number of nitrogens with zero attached hydrogens (tertiary/aromatic N) is 3.